The Morgan fingerprint density at radius 3 is 1.71 bits per heavy atom. The van der Waals surface area contributed by atoms with Crippen LogP contribution in [0.5, 0.6) is 0 Å². The minimum atomic E-state index is 0.527. The van der Waals surface area contributed by atoms with Crippen LogP contribution in [-0.4, -0.2) is 0 Å². The van der Waals surface area contributed by atoms with Gasteiger partial charge < -0.3 is 4.42 Å². The molecule has 0 radical (unpaired) electrons. The zero-order valence-corrected chi connectivity index (χ0v) is 26.7. The van der Waals surface area contributed by atoms with E-state index < -0.39 is 0 Å². The standard InChI is InChI=1S/C48H30O/c1-2-15-32(16-3-1)36-24-12-26-43-47-42(25-13-27-44(47)49-48(36)43)46-40-22-10-8-20-38(40)45(39-21-9-11-23-41(39)46)37-19-7-6-18-35(37)34-29-28-31-14-4-5-17-33(31)30-34/h1-30H/i4D. The van der Waals surface area contributed by atoms with E-state index in [0.29, 0.717) is 6.04 Å². The first-order valence-electron chi connectivity index (χ1n) is 17.3. The Kier molecular flexibility index (Phi) is 6.02. The molecule has 0 amide bonds. The van der Waals surface area contributed by atoms with Crippen molar-refractivity contribution in [2.75, 3.05) is 0 Å². The molecule has 0 saturated carbocycles. The average molecular weight is 624 g/mol. The van der Waals surface area contributed by atoms with Crippen molar-refractivity contribution in [2.45, 2.75) is 0 Å². The van der Waals surface area contributed by atoms with Crippen molar-refractivity contribution >= 4 is 54.3 Å². The van der Waals surface area contributed by atoms with Crippen LogP contribution in [-0.2, 0) is 0 Å². The molecule has 0 unspecified atom stereocenters. The van der Waals surface area contributed by atoms with Crippen LogP contribution < -0.4 is 0 Å². The summed E-state index contributed by atoms with van der Waals surface area (Å²) in [6.07, 6.45) is 0. The molecule has 0 spiro atoms. The van der Waals surface area contributed by atoms with E-state index in [9.17, 15) is 0 Å². The van der Waals surface area contributed by atoms with E-state index in [4.69, 9.17) is 5.79 Å². The summed E-state index contributed by atoms with van der Waals surface area (Å²) >= 11 is 0. The van der Waals surface area contributed by atoms with Gasteiger partial charge in [0.15, 0.2) is 0 Å². The number of furan rings is 1. The van der Waals surface area contributed by atoms with Crippen LogP contribution in [0.1, 0.15) is 1.37 Å². The molecule has 0 fully saturated rings. The lowest BCUT2D eigenvalue weighted by Gasteiger charge is -2.20. The Balaban J connectivity index is 1.27. The topological polar surface area (TPSA) is 13.1 Å². The summed E-state index contributed by atoms with van der Waals surface area (Å²) in [7, 11) is 0. The third-order valence-corrected chi connectivity index (χ3v) is 10.0. The van der Waals surface area contributed by atoms with E-state index in [1.165, 1.54) is 49.4 Å². The van der Waals surface area contributed by atoms with Crippen molar-refractivity contribution in [1.82, 2.24) is 0 Å². The molecule has 10 rings (SSSR count). The zero-order chi connectivity index (χ0) is 33.2. The Morgan fingerprint density at radius 2 is 0.959 bits per heavy atom. The number of para-hydroxylation sites is 1. The smallest absolute Gasteiger partial charge is 0.143 e. The Labute approximate surface area is 285 Å². The number of fused-ring (bicyclic) bond motifs is 6. The van der Waals surface area contributed by atoms with Gasteiger partial charge in [0, 0.05) is 16.3 Å². The van der Waals surface area contributed by atoms with Crippen LogP contribution in [0.4, 0.5) is 0 Å². The van der Waals surface area contributed by atoms with Crippen LogP contribution >= 0.6 is 0 Å². The molecule has 0 aliphatic carbocycles. The zero-order valence-electron chi connectivity index (χ0n) is 27.7. The average Bonchev–Trinajstić information content (AvgIpc) is 3.57. The molecule has 1 nitrogen and oxygen atoms in total. The van der Waals surface area contributed by atoms with Crippen LogP contribution in [0.25, 0.3) is 98.8 Å². The maximum absolute atomic E-state index is 8.09. The predicted molar refractivity (Wildman–Crippen MR) is 208 cm³/mol. The second-order valence-corrected chi connectivity index (χ2v) is 12.7. The maximum atomic E-state index is 8.09. The number of hydrogen-bond donors (Lipinski definition) is 0. The normalized spacial score (nSPS) is 12.0. The van der Waals surface area contributed by atoms with E-state index >= 15 is 0 Å². The summed E-state index contributed by atoms with van der Waals surface area (Å²) in [5, 5.41) is 9.30. The summed E-state index contributed by atoms with van der Waals surface area (Å²) < 4.78 is 14.8. The lowest BCUT2D eigenvalue weighted by molar-refractivity contribution is 0.670. The molecule has 10 aromatic rings. The Morgan fingerprint density at radius 1 is 0.367 bits per heavy atom. The molecule has 0 atom stereocenters. The molecular formula is C48H30O. The Hall–Kier alpha value is -6.44. The molecule has 9 aromatic carbocycles. The van der Waals surface area contributed by atoms with Gasteiger partial charge in [0.1, 0.15) is 11.2 Å². The van der Waals surface area contributed by atoms with Crippen LogP contribution in [0.2, 0.25) is 0 Å². The van der Waals surface area contributed by atoms with Crippen molar-refractivity contribution in [3.8, 4) is 44.5 Å². The maximum Gasteiger partial charge on any atom is 0.143 e. The van der Waals surface area contributed by atoms with Crippen molar-refractivity contribution in [3.63, 3.8) is 0 Å². The second-order valence-electron chi connectivity index (χ2n) is 12.7. The summed E-state index contributed by atoms with van der Waals surface area (Å²) in [6.45, 7) is 0. The molecule has 0 saturated heterocycles. The van der Waals surface area contributed by atoms with Gasteiger partial charge in [-0.15, -0.1) is 0 Å². The first kappa shape index (κ1) is 26.6. The van der Waals surface area contributed by atoms with Crippen LogP contribution in [0, 0.1) is 0 Å². The van der Waals surface area contributed by atoms with Gasteiger partial charge in [-0.3, -0.25) is 0 Å². The fourth-order valence-electron chi connectivity index (χ4n) is 7.86. The van der Waals surface area contributed by atoms with E-state index in [1.54, 1.807) is 0 Å². The highest BCUT2D eigenvalue weighted by Gasteiger charge is 2.22. The molecule has 228 valence electrons. The second kappa shape index (κ2) is 11.1. The molecule has 0 bridgehead atoms. The van der Waals surface area contributed by atoms with Gasteiger partial charge in [0.05, 0.1) is 1.37 Å². The van der Waals surface area contributed by atoms with E-state index in [-0.39, 0.29) is 0 Å². The van der Waals surface area contributed by atoms with Gasteiger partial charge in [-0.2, -0.15) is 0 Å². The number of hydrogen-bond acceptors (Lipinski definition) is 1. The summed E-state index contributed by atoms with van der Waals surface area (Å²) in [5.74, 6) is 0. The fraction of sp³-hybridized carbons (Fsp3) is 0. The largest absolute Gasteiger partial charge is 0.455 e. The summed E-state index contributed by atoms with van der Waals surface area (Å²) in [6, 6.07) is 62.9. The number of rotatable bonds is 4. The molecule has 0 N–H and O–H groups in total. The van der Waals surface area contributed by atoms with E-state index in [1.807, 2.05) is 18.2 Å². The van der Waals surface area contributed by atoms with E-state index in [2.05, 4.69) is 158 Å². The molecule has 1 aromatic heterocycles. The third-order valence-electron chi connectivity index (χ3n) is 10.0. The minimum Gasteiger partial charge on any atom is -0.455 e. The fourth-order valence-corrected chi connectivity index (χ4v) is 7.86. The molecule has 1 heteroatoms. The van der Waals surface area contributed by atoms with Crippen molar-refractivity contribution in [3.05, 3.63) is 182 Å². The molecular weight excluding hydrogens is 593 g/mol. The minimum absolute atomic E-state index is 0.527. The highest BCUT2D eigenvalue weighted by molar-refractivity contribution is 6.26. The van der Waals surface area contributed by atoms with Gasteiger partial charge in [-0.05, 0) is 83.4 Å². The lowest BCUT2D eigenvalue weighted by Crippen LogP contribution is -1.93. The molecule has 0 aliphatic rings. The van der Waals surface area contributed by atoms with Crippen molar-refractivity contribution in [2.24, 2.45) is 0 Å². The van der Waals surface area contributed by atoms with Gasteiger partial charge in [-0.25, -0.2) is 0 Å². The predicted octanol–water partition coefficient (Wildman–Crippen LogP) is 13.7. The van der Waals surface area contributed by atoms with Gasteiger partial charge >= 0.3 is 0 Å². The highest BCUT2D eigenvalue weighted by Crippen LogP contribution is 2.49. The Bertz CT molecular complexity index is 2880. The number of benzene rings is 9. The van der Waals surface area contributed by atoms with E-state index in [0.717, 1.165) is 49.4 Å². The SMILES string of the molecule is [2H]c1ccc2cc(-c3ccccc3-c3c4ccccc4c(-c4cccc5oc6c(-c7ccccc7)cccc6c45)c4ccccc34)ccc2c1. The van der Waals surface area contributed by atoms with Gasteiger partial charge in [-0.1, -0.05) is 170 Å². The quantitative estimate of drug-likeness (QED) is 0.178. The van der Waals surface area contributed by atoms with Gasteiger partial charge in [0.2, 0.25) is 0 Å². The third kappa shape index (κ3) is 4.33. The molecule has 1 heterocycles. The first-order chi connectivity index (χ1) is 24.7. The molecule has 0 aliphatic heterocycles. The van der Waals surface area contributed by atoms with Crippen LogP contribution in [0.3, 0.4) is 0 Å². The monoisotopic (exact) mass is 623 g/mol. The van der Waals surface area contributed by atoms with Crippen molar-refractivity contribution in [1.29, 1.82) is 0 Å². The van der Waals surface area contributed by atoms with Crippen molar-refractivity contribution < 1.29 is 5.79 Å². The van der Waals surface area contributed by atoms with Gasteiger partial charge in [0.25, 0.3) is 0 Å². The summed E-state index contributed by atoms with van der Waals surface area (Å²) in [5.41, 5.74) is 11.2. The highest BCUT2D eigenvalue weighted by atomic mass is 16.3. The molecule has 49 heavy (non-hydrogen) atoms. The summed E-state index contributed by atoms with van der Waals surface area (Å²) in [4.78, 5) is 0. The first-order valence-corrected chi connectivity index (χ1v) is 16.8. The lowest BCUT2D eigenvalue weighted by atomic mass is 9.83. The van der Waals surface area contributed by atoms with Crippen LogP contribution in [0.15, 0.2) is 186 Å².